The first-order valence-electron chi connectivity index (χ1n) is 7.57. The lowest BCUT2D eigenvalue weighted by atomic mass is 9.95. The van der Waals surface area contributed by atoms with Crippen LogP contribution < -0.4 is 10.2 Å². The van der Waals surface area contributed by atoms with Crippen LogP contribution >= 0.6 is 0 Å². The van der Waals surface area contributed by atoms with Crippen molar-refractivity contribution in [3.8, 4) is 0 Å². The molecule has 0 heterocycles. The average Bonchev–Trinajstić information content (AvgIpc) is 2.49. The molecule has 0 radical (unpaired) electrons. The highest BCUT2D eigenvalue weighted by atomic mass is 15.1. The van der Waals surface area contributed by atoms with Crippen molar-refractivity contribution < 1.29 is 0 Å². The Labute approximate surface area is 128 Å². The van der Waals surface area contributed by atoms with Crippen molar-refractivity contribution in [2.45, 2.75) is 25.8 Å². The number of hydrogen-bond donors (Lipinski definition) is 1. The highest BCUT2D eigenvalue weighted by Crippen LogP contribution is 2.26. The summed E-state index contributed by atoms with van der Waals surface area (Å²) in [6, 6.07) is 17.9. The quantitative estimate of drug-likeness (QED) is 0.885. The van der Waals surface area contributed by atoms with E-state index < -0.39 is 0 Å². The highest BCUT2D eigenvalue weighted by molar-refractivity contribution is 5.49. The van der Waals surface area contributed by atoms with Gasteiger partial charge in [-0.1, -0.05) is 50.2 Å². The van der Waals surface area contributed by atoms with Gasteiger partial charge in [0.15, 0.2) is 0 Å². The molecule has 1 atom stereocenters. The van der Waals surface area contributed by atoms with E-state index in [0.29, 0.717) is 5.92 Å². The third-order valence-electron chi connectivity index (χ3n) is 3.95. The van der Waals surface area contributed by atoms with E-state index in [1.54, 1.807) is 0 Å². The monoisotopic (exact) mass is 282 g/mol. The first kappa shape index (κ1) is 15.6. The third kappa shape index (κ3) is 3.64. The minimum Gasteiger partial charge on any atom is -0.378 e. The van der Waals surface area contributed by atoms with Gasteiger partial charge in [-0.05, 0) is 41.8 Å². The van der Waals surface area contributed by atoms with E-state index >= 15 is 0 Å². The van der Waals surface area contributed by atoms with Crippen molar-refractivity contribution in [1.82, 2.24) is 5.32 Å². The Morgan fingerprint density at radius 2 is 1.48 bits per heavy atom. The molecule has 0 saturated carbocycles. The Hall–Kier alpha value is -1.80. The summed E-state index contributed by atoms with van der Waals surface area (Å²) in [7, 11) is 6.17. The molecule has 0 aliphatic heterocycles. The Morgan fingerprint density at radius 1 is 0.857 bits per heavy atom. The van der Waals surface area contributed by atoms with Crippen molar-refractivity contribution in [2.75, 3.05) is 26.0 Å². The Morgan fingerprint density at radius 3 is 2.00 bits per heavy atom. The maximum absolute atomic E-state index is 3.43. The maximum atomic E-state index is 3.43. The SMILES string of the molecule is CNC(c1ccc(C(C)C)cc1)c1cccc(N(C)C)c1. The molecule has 0 bridgehead atoms. The van der Waals surface area contributed by atoms with Gasteiger partial charge in [-0.2, -0.15) is 0 Å². The van der Waals surface area contributed by atoms with Gasteiger partial charge in [-0.25, -0.2) is 0 Å². The molecule has 0 aliphatic rings. The van der Waals surface area contributed by atoms with Crippen LogP contribution in [0.15, 0.2) is 48.5 Å². The molecular formula is C19H26N2. The number of nitrogens with one attached hydrogen (secondary N) is 1. The molecule has 0 fully saturated rings. The fraction of sp³-hybridized carbons (Fsp3) is 0.368. The van der Waals surface area contributed by atoms with E-state index in [0.717, 1.165) is 0 Å². The Bertz CT molecular complexity index is 570. The van der Waals surface area contributed by atoms with E-state index in [2.05, 4.69) is 86.7 Å². The zero-order chi connectivity index (χ0) is 15.4. The molecule has 0 amide bonds. The van der Waals surface area contributed by atoms with Crippen LogP contribution in [0.5, 0.6) is 0 Å². The van der Waals surface area contributed by atoms with Gasteiger partial charge >= 0.3 is 0 Å². The molecule has 0 spiro atoms. The summed E-state index contributed by atoms with van der Waals surface area (Å²) in [5.74, 6) is 0.573. The van der Waals surface area contributed by atoms with Crippen LogP contribution in [0.25, 0.3) is 0 Å². The summed E-state index contributed by atoms with van der Waals surface area (Å²) in [6.45, 7) is 4.45. The second-order valence-corrected chi connectivity index (χ2v) is 6.03. The molecule has 0 aromatic heterocycles. The van der Waals surface area contributed by atoms with Crippen LogP contribution in [0.4, 0.5) is 5.69 Å². The Kier molecular flexibility index (Phi) is 5.03. The van der Waals surface area contributed by atoms with Crippen LogP contribution in [0.1, 0.15) is 42.5 Å². The molecule has 2 heteroatoms. The van der Waals surface area contributed by atoms with Crippen molar-refractivity contribution in [2.24, 2.45) is 0 Å². The zero-order valence-electron chi connectivity index (χ0n) is 13.7. The second kappa shape index (κ2) is 6.77. The number of nitrogens with zero attached hydrogens (tertiary/aromatic N) is 1. The maximum Gasteiger partial charge on any atom is 0.0575 e. The van der Waals surface area contributed by atoms with Crippen molar-refractivity contribution in [3.63, 3.8) is 0 Å². The van der Waals surface area contributed by atoms with E-state index in [1.165, 1.54) is 22.4 Å². The molecule has 1 unspecified atom stereocenters. The number of anilines is 1. The van der Waals surface area contributed by atoms with Gasteiger partial charge in [0.25, 0.3) is 0 Å². The largest absolute Gasteiger partial charge is 0.378 e. The number of hydrogen-bond acceptors (Lipinski definition) is 2. The van der Waals surface area contributed by atoms with Crippen molar-refractivity contribution in [1.29, 1.82) is 0 Å². The third-order valence-corrected chi connectivity index (χ3v) is 3.95. The standard InChI is InChI=1S/C19H26N2/c1-14(2)15-9-11-16(12-10-15)19(20-3)17-7-6-8-18(13-17)21(4)5/h6-14,19-20H,1-5H3. The smallest absolute Gasteiger partial charge is 0.0575 e. The summed E-state index contributed by atoms with van der Waals surface area (Å²) in [4.78, 5) is 2.14. The summed E-state index contributed by atoms with van der Waals surface area (Å²) in [6.07, 6.45) is 0. The molecule has 0 aliphatic carbocycles. The lowest BCUT2D eigenvalue weighted by Crippen LogP contribution is -2.18. The van der Waals surface area contributed by atoms with Crippen molar-refractivity contribution >= 4 is 5.69 Å². The van der Waals surface area contributed by atoms with Crippen LogP contribution in [0.3, 0.4) is 0 Å². The molecule has 2 rings (SSSR count). The minimum atomic E-state index is 0.228. The van der Waals surface area contributed by atoms with Crippen LogP contribution in [-0.2, 0) is 0 Å². The molecular weight excluding hydrogens is 256 g/mol. The van der Waals surface area contributed by atoms with Gasteiger partial charge in [0.2, 0.25) is 0 Å². The summed E-state index contributed by atoms with van der Waals surface area (Å²) in [5, 5.41) is 3.43. The van der Waals surface area contributed by atoms with Gasteiger partial charge in [0, 0.05) is 19.8 Å². The first-order chi connectivity index (χ1) is 10.0. The molecule has 1 N–H and O–H groups in total. The summed E-state index contributed by atoms with van der Waals surface area (Å²) in [5.41, 5.74) is 5.21. The van der Waals surface area contributed by atoms with E-state index in [1.807, 2.05) is 7.05 Å². The molecule has 0 saturated heterocycles. The van der Waals surface area contributed by atoms with E-state index in [-0.39, 0.29) is 6.04 Å². The second-order valence-electron chi connectivity index (χ2n) is 6.03. The number of rotatable bonds is 5. The first-order valence-corrected chi connectivity index (χ1v) is 7.57. The highest BCUT2D eigenvalue weighted by Gasteiger charge is 2.13. The predicted octanol–water partition coefficient (Wildman–Crippen LogP) is 4.18. The van der Waals surface area contributed by atoms with E-state index in [9.17, 15) is 0 Å². The summed E-state index contributed by atoms with van der Waals surface area (Å²) >= 11 is 0. The molecule has 2 aromatic carbocycles. The lowest BCUT2D eigenvalue weighted by Gasteiger charge is -2.20. The van der Waals surface area contributed by atoms with Gasteiger partial charge in [-0.15, -0.1) is 0 Å². The minimum absolute atomic E-state index is 0.228. The molecule has 2 nitrogen and oxygen atoms in total. The molecule has 21 heavy (non-hydrogen) atoms. The van der Waals surface area contributed by atoms with Gasteiger partial charge in [-0.3, -0.25) is 0 Å². The van der Waals surface area contributed by atoms with Crippen LogP contribution in [0.2, 0.25) is 0 Å². The van der Waals surface area contributed by atoms with Gasteiger partial charge in [0.1, 0.15) is 0 Å². The summed E-state index contributed by atoms with van der Waals surface area (Å²) < 4.78 is 0. The topological polar surface area (TPSA) is 15.3 Å². The zero-order valence-corrected chi connectivity index (χ0v) is 13.7. The van der Waals surface area contributed by atoms with Gasteiger partial charge in [0.05, 0.1) is 6.04 Å². The lowest BCUT2D eigenvalue weighted by molar-refractivity contribution is 0.690. The molecule has 2 aromatic rings. The van der Waals surface area contributed by atoms with Crippen LogP contribution in [-0.4, -0.2) is 21.1 Å². The van der Waals surface area contributed by atoms with Crippen molar-refractivity contribution in [3.05, 3.63) is 65.2 Å². The normalized spacial score (nSPS) is 12.5. The predicted molar refractivity (Wildman–Crippen MR) is 92.2 cm³/mol. The molecule has 112 valence electrons. The fourth-order valence-corrected chi connectivity index (χ4v) is 2.58. The Balaban J connectivity index is 2.32. The van der Waals surface area contributed by atoms with E-state index in [4.69, 9.17) is 0 Å². The fourth-order valence-electron chi connectivity index (χ4n) is 2.58. The average molecular weight is 282 g/mol. The van der Waals surface area contributed by atoms with Crippen LogP contribution in [0, 0.1) is 0 Å². The number of benzene rings is 2. The van der Waals surface area contributed by atoms with Gasteiger partial charge < -0.3 is 10.2 Å².